The molecular formula is C14H20ClN3. The maximum absolute atomic E-state index is 8.78. The standard InChI is InChI=1S/C14H20ClN3/c1-11(2)18(3)8-4-7-17-13-6-5-12(10-16)14(15)9-13/h5-6,9,11,17H,4,7-8H2,1-3H3. The SMILES string of the molecule is CC(C)N(C)CCCNc1ccc(C#N)c(Cl)c1. The Morgan fingerprint density at radius 3 is 2.72 bits per heavy atom. The van der Waals surface area contributed by atoms with Crippen LogP contribution in [0, 0.1) is 11.3 Å². The number of nitrogens with one attached hydrogen (secondary N) is 1. The first-order chi connectivity index (χ1) is 8.54. The van der Waals surface area contributed by atoms with E-state index in [1.165, 1.54) is 0 Å². The van der Waals surface area contributed by atoms with E-state index in [2.05, 4.69) is 37.2 Å². The van der Waals surface area contributed by atoms with Crippen LogP contribution >= 0.6 is 11.6 Å². The van der Waals surface area contributed by atoms with E-state index in [0.717, 1.165) is 25.2 Å². The van der Waals surface area contributed by atoms with Crippen LogP contribution in [0.4, 0.5) is 5.69 Å². The molecule has 1 rings (SSSR count). The fourth-order valence-electron chi connectivity index (χ4n) is 1.54. The van der Waals surface area contributed by atoms with Gasteiger partial charge in [0.1, 0.15) is 6.07 Å². The largest absolute Gasteiger partial charge is 0.385 e. The van der Waals surface area contributed by atoms with Gasteiger partial charge in [-0.1, -0.05) is 11.6 Å². The number of anilines is 1. The maximum Gasteiger partial charge on any atom is 0.101 e. The second-order valence-electron chi connectivity index (χ2n) is 4.66. The summed E-state index contributed by atoms with van der Waals surface area (Å²) in [7, 11) is 2.13. The Morgan fingerprint density at radius 1 is 1.44 bits per heavy atom. The Hall–Kier alpha value is -1.24. The predicted molar refractivity (Wildman–Crippen MR) is 77.0 cm³/mol. The molecule has 0 saturated carbocycles. The molecule has 0 atom stereocenters. The van der Waals surface area contributed by atoms with Gasteiger partial charge >= 0.3 is 0 Å². The number of benzene rings is 1. The normalized spacial score (nSPS) is 10.7. The fourth-order valence-corrected chi connectivity index (χ4v) is 1.76. The van der Waals surface area contributed by atoms with Crippen molar-refractivity contribution in [2.45, 2.75) is 26.3 Å². The zero-order valence-corrected chi connectivity index (χ0v) is 12.0. The van der Waals surface area contributed by atoms with Crippen molar-refractivity contribution in [1.29, 1.82) is 5.26 Å². The van der Waals surface area contributed by atoms with Crippen molar-refractivity contribution in [2.75, 3.05) is 25.5 Å². The molecule has 0 fully saturated rings. The molecule has 0 aromatic heterocycles. The lowest BCUT2D eigenvalue weighted by atomic mass is 10.2. The third-order valence-corrected chi connectivity index (χ3v) is 3.30. The fraction of sp³-hybridized carbons (Fsp3) is 0.500. The lowest BCUT2D eigenvalue weighted by Gasteiger charge is -2.20. The Labute approximate surface area is 114 Å². The smallest absolute Gasteiger partial charge is 0.101 e. The van der Waals surface area contributed by atoms with E-state index in [4.69, 9.17) is 16.9 Å². The number of halogens is 1. The zero-order valence-electron chi connectivity index (χ0n) is 11.2. The first kappa shape index (κ1) is 14.8. The van der Waals surface area contributed by atoms with Crippen LogP contribution < -0.4 is 5.32 Å². The topological polar surface area (TPSA) is 39.1 Å². The minimum absolute atomic E-state index is 0.502. The molecule has 3 nitrogen and oxygen atoms in total. The minimum Gasteiger partial charge on any atom is -0.385 e. The van der Waals surface area contributed by atoms with Gasteiger partial charge in [0, 0.05) is 18.3 Å². The first-order valence-electron chi connectivity index (χ1n) is 6.18. The molecule has 0 bridgehead atoms. The second kappa shape index (κ2) is 7.25. The third kappa shape index (κ3) is 4.56. The quantitative estimate of drug-likeness (QED) is 0.802. The number of hydrogen-bond acceptors (Lipinski definition) is 3. The molecular weight excluding hydrogens is 246 g/mol. The number of hydrogen-bond donors (Lipinski definition) is 1. The summed E-state index contributed by atoms with van der Waals surface area (Å²) >= 11 is 5.96. The summed E-state index contributed by atoms with van der Waals surface area (Å²) in [6.07, 6.45) is 1.08. The highest BCUT2D eigenvalue weighted by Gasteiger charge is 2.03. The highest BCUT2D eigenvalue weighted by atomic mass is 35.5. The van der Waals surface area contributed by atoms with Crippen molar-refractivity contribution in [3.63, 3.8) is 0 Å². The van der Waals surface area contributed by atoms with E-state index >= 15 is 0 Å². The molecule has 0 amide bonds. The van der Waals surface area contributed by atoms with Crippen LogP contribution in [0.1, 0.15) is 25.8 Å². The molecule has 0 unspecified atom stereocenters. The van der Waals surface area contributed by atoms with Crippen LogP contribution in [0.15, 0.2) is 18.2 Å². The molecule has 1 aromatic rings. The molecule has 0 heterocycles. The zero-order chi connectivity index (χ0) is 13.5. The summed E-state index contributed by atoms with van der Waals surface area (Å²) in [5.74, 6) is 0. The van der Waals surface area contributed by atoms with Gasteiger partial charge in [-0.25, -0.2) is 0 Å². The Balaban J connectivity index is 2.36. The van der Waals surface area contributed by atoms with Gasteiger partial charge in [0.05, 0.1) is 10.6 Å². The van der Waals surface area contributed by atoms with Gasteiger partial charge in [-0.3, -0.25) is 0 Å². The molecule has 0 aliphatic rings. The lowest BCUT2D eigenvalue weighted by molar-refractivity contribution is 0.273. The number of nitrogens with zero attached hydrogens (tertiary/aromatic N) is 2. The maximum atomic E-state index is 8.78. The van der Waals surface area contributed by atoms with Crippen molar-refractivity contribution < 1.29 is 0 Å². The van der Waals surface area contributed by atoms with Gasteiger partial charge in [0.2, 0.25) is 0 Å². The van der Waals surface area contributed by atoms with E-state index in [9.17, 15) is 0 Å². The van der Waals surface area contributed by atoms with Crippen LogP contribution in [0.25, 0.3) is 0 Å². The summed E-state index contributed by atoms with van der Waals surface area (Å²) in [6, 6.07) is 8.05. The van der Waals surface area contributed by atoms with E-state index in [-0.39, 0.29) is 0 Å². The van der Waals surface area contributed by atoms with Crippen molar-refractivity contribution >= 4 is 17.3 Å². The summed E-state index contributed by atoms with van der Waals surface area (Å²) in [5.41, 5.74) is 1.48. The molecule has 0 radical (unpaired) electrons. The Bertz CT molecular complexity index is 424. The summed E-state index contributed by atoms with van der Waals surface area (Å²) < 4.78 is 0. The van der Waals surface area contributed by atoms with Crippen LogP contribution in [-0.4, -0.2) is 31.1 Å². The van der Waals surface area contributed by atoms with Gasteiger partial charge in [0.25, 0.3) is 0 Å². The molecule has 0 aliphatic heterocycles. The lowest BCUT2D eigenvalue weighted by Crippen LogP contribution is -2.28. The minimum atomic E-state index is 0.502. The Kier molecular flexibility index (Phi) is 5.97. The van der Waals surface area contributed by atoms with E-state index in [1.807, 2.05) is 6.07 Å². The van der Waals surface area contributed by atoms with Crippen molar-refractivity contribution in [3.8, 4) is 6.07 Å². The summed E-state index contributed by atoms with van der Waals surface area (Å²) in [5, 5.41) is 12.6. The molecule has 4 heteroatoms. The van der Waals surface area contributed by atoms with Crippen LogP contribution in [0.2, 0.25) is 5.02 Å². The average molecular weight is 266 g/mol. The van der Waals surface area contributed by atoms with Gasteiger partial charge in [-0.2, -0.15) is 5.26 Å². The predicted octanol–water partition coefficient (Wildman–Crippen LogP) is 3.35. The van der Waals surface area contributed by atoms with Crippen LogP contribution in [0.5, 0.6) is 0 Å². The van der Waals surface area contributed by atoms with Crippen molar-refractivity contribution in [1.82, 2.24) is 4.90 Å². The molecule has 1 aromatic carbocycles. The van der Waals surface area contributed by atoms with Gasteiger partial charge in [0.15, 0.2) is 0 Å². The van der Waals surface area contributed by atoms with Crippen LogP contribution in [0.3, 0.4) is 0 Å². The monoisotopic (exact) mass is 265 g/mol. The Morgan fingerprint density at radius 2 is 2.17 bits per heavy atom. The molecule has 0 saturated heterocycles. The average Bonchev–Trinajstić information content (AvgIpc) is 2.34. The van der Waals surface area contributed by atoms with E-state index < -0.39 is 0 Å². The molecule has 0 aliphatic carbocycles. The van der Waals surface area contributed by atoms with Gasteiger partial charge < -0.3 is 10.2 Å². The number of nitriles is 1. The van der Waals surface area contributed by atoms with Crippen LogP contribution in [-0.2, 0) is 0 Å². The highest BCUT2D eigenvalue weighted by Crippen LogP contribution is 2.20. The molecule has 18 heavy (non-hydrogen) atoms. The summed E-state index contributed by atoms with van der Waals surface area (Å²) in [6.45, 7) is 6.34. The van der Waals surface area contributed by atoms with Gasteiger partial charge in [-0.15, -0.1) is 0 Å². The first-order valence-corrected chi connectivity index (χ1v) is 6.56. The van der Waals surface area contributed by atoms with E-state index in [0.29, 0.717) is 16.6 Å². The highest BCUT2D eigenvalue weighted by molar-refractivity contribution is 6.32. The number of rotatable bonds is 6. The van der Waals surface area contributed by atoms with Crippen molar-refractivity contribution in [2.24, 2.45) is 0 Å². The van der Waals surface area contributed by atoms with Gasteiger partial charge in [-0.05, 0) is 52.1 Å². The van der Waals surface area contributed by atoms with E-state index in [1.54, 1.807) is 12.1 Å². The molecule has 0 spiro atoms. The van der Waals surface area contributed by atoms with Crippen molar-refractivity contribution in [3.05, 3.63) is 28.8 Å². The summed E-state index contributed by atoms with van der Waals surface area (Å²) in [4.78, 5) is 2.31. The third-order valence-electron chi connectivity index (χ3n) is 2.99. The second-order valence-corrected chi connectivity index (χ2v) is 5.07. The molecule has 98 valence electrons. The molecule has 1 N–H and O–H groups in total.